The van der Waals surface area contributed by atoms with E-state index in [4.69, 9.17) is 10.5 Å². The van der Waals surface area contributed by atoms with Crippen molar-refractivity contribution in [2.75, 3.05) is 32.8 Å². The number of rotatable bonds is 5. The maximum atomic E-state index is 5.87. The van der Waals surface area contributed by atoms with E-state index in [9.17, 15) is 0 Å². The lowest BCUT2D eigenvalue weighted by atomic mass is 10.1. The normalized spacial score (nSPS) is 24.9. The van der Waals surface area contributed by atoms with Crippen LogP contribution in [0.3, 0.4) is 0 Å². The first kappa shape index (κ1) is 11.0. The van der Waals surface area contributed by atoms with Crippen molar-refractivity contribution in [2.24, 2.45) is 5.73 Å². The van der Waals surface area contributed by atoms with Gasteiger partial charge < -0.3 is 10.5 Å². The van der Waals surface area contributed by atoms with Gasteiger partial charge in [0.15, 0.2) is 0 Å². The van der Waals surface area contributed by atoms with E-state index in [-0.39, 0.29) is 0 Å². The topological polar surface area (TPSA) is 38.5 Å². The Morgan fingerprint density at radius 2 is 2.31 bits per heavy atom. The van der Waals surface area contributed by atoms with E-state index < -0.39 is 0 Å². The molecule has 1 saturated heterocycles. The second-order valence-corrected chi connectivity index (χ2v) is 3.82. The fourth-order valence-corrected chi connectivity index (χ4v) is 1.73. The Balaban J connectivity index is 2.00. The Hall–Kier alpha value is -0.120. The number of hydrogen-bond acceptors (Lipinski definition) is 3. The highest BCUT2D eigenvalue weighted by Gasteiger charge is 2.15. The Morgan fingerprint density at radius 3 is 3.00 bits per heavy atom. The highest BCUT2D eigenvalue weighted by molar-refractivity contribution is 4.74. The molecule has 2 N–H and O–H groups in total. The Kier molecular flexibility index (Phi) is 5.35. The fraction of sp³-hybridized carbons (Fsp3) is 1.00. The summed E-state index contributed by atoms with van der Waals surface area (Å²) in [5.41, 5.74) is 5.87. The number of piperidine rings is 1. The van der Waals surface area contributed by atoms with Crippen LogP contribution in [0, 0.1) is 0 Å². The van der Waals surface area contributed by atoms with Gasteiger partial charge in [-0.25, -0.2) is 0 Å². The molecule has 1 rings (SSSR count). The van der Waals surface area contributed by atoms with Gasteiger partial charge in [-0.1, -0.05) is 6.92 Å². The number of nitrogens with two attached hydrogens (primary N) is 1. The summed E-state index contributed by atoms with van der Waals surface area (Å²) in [6.45, 7) is 7.18. The third-order valence-electron chi connectivity index (χ3n) is 2.44. The summed E-state index contributed by atoms with van der Waals surface area (Å²) < 4.78 is 5.44. The van der Waals surface area contributed by atoms with Crippen LogP contribution in [0.5, 0.6) is 0 Å². The average Bonchev–Trinajstić information content (AvgIpc) is 2.13. The predicted molar refractivity (Wildman–Crippen MR) is 54.8 cm³/mol. The molecule has 1 heterocycles. The fourth-order valence-electron chi connectivity index (χ4n) is 1.73. The maximum Gasteiger partial charge on any atom is 0.0593 e. The van der Waals surface area contributed by atoms with Gasteiger partial charge in [0.1, 0.15) is 0 Å². The van der Waals surface area contributed by atoms with Crippen molar-refractivity contribution in [3.8, 4) is 0 Å². The molecular weight excluding hydrogens is 164 g/mol. The molecule has 0 aromatic rings. The molecule has 0 amide bonds. The van der Waals surface area contributed by atoms with Crippen LogP contribution in [0.4, 0.5) is 0 Å². The van der Waals surface area contributed by atoms with E-state index in [2.05, 4.69) is 11.8 Å². The zero-order chi connectivity index (χ0) is 9.52. The molecule has 0 aromatic heterocycles. The van der Waals surface area contributed by atoms with Crippen LogP contribution < -0.4 is 5.73 Å². The second kappa shape index (κ2) is 6.35. The minimum atomic E-state index is 0.389. The largest absolute Gasteiger partial charge is 0.380 e. The molecule has 0 aromatic carbocycles. The van der Waals surface area contributed by atoms with Crippen LogP contribution >= 0.6 is 0 Å². The molecule has 0 aliphatic carbocycles. The van der Waals surface area contributed by atoms with Crippen molar-refractivity contribution in [3.05, 3.63) is 0 Å². The monoisotopic (exact) mass is 186 g/mol. The van der Waals surface area contributed by atoms with Crippen LogP contribution in [0.2, 0.25) is 0 Å². The summed E-state index contributed by atoms with van der Waals surface area (Å²) in [7, 11) is 0. The van der Waals surface area contributed by atoms with E-state index in [1.165, 1.54) is 19.4 Å². The third kappa shape index (κ3) is 4.60. The summed E-state index contributed by atoms with van der Waals surface area (Å²) in [5.74, 6) is 0. The standard InChI is InChI=1S/C10H22N2O/c1-2-7-13-8-6-12-5-3-4-10(11)9-12/h10H,2-9,11H2,1H3. The molecule has 0 radical (unpaired) electrons. The highest BCUT2D eigenvalue weighted by Crippen LogP contribution is 2.07. The summed E-state index contributed by atoms with van der Waals surface area (Å²) in [4.78, 5) is 2.41. The van der Waals surface area contributed by atoms with Crippen molar-refractivity contribution in [2.45, 2.75) is 32.2 Å². The molecule has 3 heteroatoms. The van der Waals surface area contributed by atoms with Gasteiger partial charge in [-0.15, -0.1) is 0 Å². The Bertz CT molecular complexity index is 130. The van der Waals surface area contributed by atoms with Gasteiger partial charge >= 0.3 is 0 Å². The predicted octanol–water partition coefficient (Wildman–Crippen LogP) is 0.836. The first-order valence-corrected chi connectivity index (χ1v) is 5.38. The van der Waals surface area contributed by atoms with E-state index in [1.54, 1.807) is 0 Å². The van der Waals surface area contributed by atoms with Crippen LogP contribution in [0.15, 0.2) is 0 Å². The zero-order valence-corrected chi connectivity index (χ0v) is 8.67. The van der Waals surface area contributed by atoms with Crippen LogP contribution in [0.25, 0.3) is 0 Å². The van der Waals surface area contributed by atoms with Crippen molar-refractivity contribution in [1.29, 1.82) is 0 Å². The van der Waals surface area contributed by atoms with Gasteiger partial charge in [-0.3, -0.25) is 4.90 Å². The van der Waals surface area contributed by atoms with E-state index in [1.807, 2.05) is 0 Å². The molecule has 13 heavy (non-hydrogen) atoms. The minimum Gasteiger partial charge on any atom is -0.380 e. The molecule has 3 nitrogen and oxygen atoms in total. The van der Waals surface area contributed by atoms with E-state index in [0.29, 0.717) is 6.04 Å². The molecule has 1 aliphatic rings. The van der Waals surface area contributed by atoms with Gasteiger partial charge in [-0.05, 0) is 25.8 Å². The first-order valence-electron chi connectivity index (χ1n) is 5.38. The van der Waals surface area contributed by atoms with Crippen LogP contribution in [0.1, 0.15) is 26.2 Å². The quantitative estimate of drug-likeness (QED) is 0.647. The zero-order valence-electron chi connectivity index (χ0n) is 8.67. The van der Waals surface area contributed by atoms with Gasteiger partial charge in [0.2, 0.25) is 0 Å². The Morgan fingerprint density at radius 1 is 1.46 bits per heavy atom. The average molecular weight is 186 g/mol. The van der Waals surface area contributed by atoms with Gasteiger partial charge in [0.05, 0.1) is 6.61 Å². The Labute approximate surface area is 81.2 Å². The summed E-state index contributed by atoms with van der Waals surface area (Å²) in [5, 5.41) is 0. The molecule has 0 saturated carbocycles. The van der Waals surface area contributed by atoms with Crippen LogP contribution in [-0.2, 0) is 4.74 Å². The SMILES string of the molecule is CCCOCCN1CCCC(N)C1. The molecule has 0 bridgehead atoms. The third-order valence-corrected chi connectivity index (χ3v) is 2.44. The van der Waals surface area contributed by atoms with E-state index >= 15 is 0 Å². The molecule has 1 aliphatic heterocycles. The summed E-state index contributed by atoms with van der Waals surface area (Å²) >= 11 is 0. The molecule has 1 fully saturated rings. The molecule has 78 valence electrons. The van der Waals surface area contributed by atoms with E-state index in [0.717, 1.165) is 32.7 Å². The lowest BCUT2D eigenvalue weighted by Crippen LogP contribution is -2.43. The number of likely N-dealkylation sites (tertiary alicyclic amines) is 1. The lowest BCUT2D eigenvalue weighted by Gasteiger charge is -2.30. The number of nitrogens with zero attached hydrogens (tertiary/aromatic N) is 1. The van der Waals surface area contributed by atoms with Gasteiger partial charge in [0, 0.05) is 25.7 Å². The molecule has 1 atom stereocenters. The van der Waals surface area contributed by atoms with Gasteiger partial charge in [-0.2, -0.15) is 0 Å². The van der Waals surface area contributed by atoms with Crippen LogP contribution in [-0.4, -0.2) is 43.8 Å². The smallest absolute Gasteiger partial charge is 0.0593 e. The minimum absolute atomic E-state index is 0.389. The van der Waals surface area contributed by atoms with Crippen molar-refractivity contribution in [3.63, 3.8) is 0 Å². The second-order valence-electron chi connectivity index (χ2n) is 3.82. The summed E-state index contributed by atoms with van der Waals surface area (Å²) in [6, 6.07) is 0.389. The molecule has 1 unspecified atom stereocenters. The lowest BCUT2D eigenvalue weighted by molar-refractivity contribution is 0.0935. The highest BCUT2D eigenvalue weighted by atomic mass is 16.5. The molecule has 0 spiro atoms. The van der Waals surface area contributed by atoms with Gasteiger partial charge in [0.25, 0.3) is 0 Å². The maximum absolute atomic E-state index is 5.87. The number of hydrogen-bond donors (Lipinski definition) is 1. The molecular formula is C10H22N2O. The number of ether oxygens (including phenoxy) is 1. The summed E-state index contributed by atoms with van der Waals surface area (Å²) in [6.07, 6.45) is 3.54. The first-order chi connectivity index (χ1) is 6.33. The van der Waals surface area contributed by atoms with Crippen molar-refractivity contribution < 1.29 is 4.74 Å². The van der Waals surface area contributed by atoms with Crippen molar-refractivity contribution >= 4 is 0 Å². The van der Waals surface area contributed by atoms with Crippen molar-refractivity contribution in [1.82, 2.24) is 4.90 Å².